The summed E-state index contributed by atoms with van der Waals surface area (Å²) in [5, 5.41) is 3.00. The third-order valence-corrected chi connectivity index (χ3v) is 6.15. The predicted octanol–water partition coefficient (Wildman–Crippen LogP) is 3.56. The number of anilines is 1. The first-order chi connectivity index (χ1) is 16.3. The first kappa shape index (κ1) is 25.1. The summed E-state index contributed by atoms with van der Waals surface area (Å²) in [5.74, 6) is 0.817. The van der Waals surface area contributed by atoms with Crippen molar-refractivity contribution in [3.8, 4) is 11.5 Å². The molecule has 0 unspecified atom stereocenters. The van der Waals surface area contributed by atoms with Gasteiger partial charge < -0.3 is 24.6 Å². The van der Waals surface area contributed by atoms with Gasteiger partial charge in [0.1, 0.15) is 11.5 Å². The molecule has 0 bridgehead atoms. The molecule has 0 saturated carbocycles. The van der Waals surface area contributed by atoms with Crippen LogP contribution >= 0.6 is 0 Å². The summed E-state index contributed by atoms with van der Waals surface area (Å²) in [4.78, 5) is 41.1. The Hall–Kier alpha value is -3.55. The summed E-state index contributed by atoms with van der Waals surface area (Å²) in [6.07, 6.45) is 1.18. The number of piperidine rings is 1. The SMILES string of the molecule is CCN(Cc1cccc(NC(=O)C2CCN(C(=O)c3cc(OC)cc(OC)c3)CC2)c1)C(C)=O. The lowest BCUT2D eigenvalue weighted by atomic mass is 9.95. The predicted molar refractivity (Wildman–Crippen MR) is 130 cm³/mol. The van der Waals surface area contributed by atoms with E-state index in [1.54, 1.807) is 49.1 Å². The fourth-order valence-corrected chi connectivity index (χ4v) is 4.12. The van der Waals surface area contributed by atoms with Gasteiger partial charge in [0.25, 0.3) is 5.91 Å². The van der Waals surface area contributed by atoms with Crippen LogP contribution in [0.25, 0.3) is 0 Å². The molecule has 182 valence electrons. The summed E-state index contributed by atoms with van der Waals surface area (Å²) in [5.41, 5.74) is 2.18. The van der Waals surface area contributed by atoms with E-state index in [0.29, 0.717) is 61.8 Å². The molecule has 1 heterocycles. The van der Waals surface area contributed by atoms with Crippen LogP contribution in [0.5, 0.6) is 11.5 Å². The van der Waals surface area contributed by atoms with Crippen LogP contribution < -0.4 is 14.8 Å². The van der Waals surface area contributed by atoms with Crippen molar-refractivity contribution < 1.29 is 23.9 Å². The van der Waals surface area contributed by atoms with Crippen LogP contribution in [0.4, 0.5) is 5.69 Å². The lowest BCUT2D eigenvalue weighted by Crippen LogP contribution is -2.41. The van der Waals surface area contributed by atoms with Crippen LogP contribution in [0.1, 0.15) is 42.6 Å². The van der Waals surface area contributed by atoms with E-state index in [1.165, 1.54) is 0 Å². The lowest BCUT2D eigenvalue weighted by Gasteiger charge is -2.31. The van der Waals surface area contributed by atoms with Crippen molar-refractivity contribution in [1.29, 1.82) is 0 Å². The van der Waals surface area contributed by atoms with Crippen LogP contribution in [0.15, 0.2) is 42.5 Å². The fraction of sp³-hybridized carbons (Fsp3) is 0.423. The summed E-state index contributed by atoms with van der Waals surface area (Å²) < 4.78 is 10.5. The van der Waals surface area contributed by atoms with Gasteiger partial charge in [-0.3, -0.25) is 14.4 Å². The molecular weight excluding hydrogens is 434 g/mol. The van der Waals surface area contributed by atoms with Gasteiger partial charge in [0.15, 0.2) is 0 Å². The average molecular weight is 468 g/mol. The van der Waals surface area contributed by atoms with Crippen LogP contribution in [-0.2, 0) is 16.1 Å². The van der Waals surface area contributed by atoms with E-state index in [-0.39, 0.29) is 23.6 Å². The molecule has 8 heteroatoms. The Morgan fingerprint density at radius 3 is 2.24 bits per heavy atom. The second kappa shape index (κ2) is 11.5. The largest absolute Gasteiger partial charge is 0.497 e. The monoisotopic (exact) mass is 467 g/mol. The normalized spacial score (nSPS) is 13.8. The Morgan fingerprint density at radius 1 is 1.03 bits per heavy atom. The van der Waals surface area contributed by atoms with Crippen LogP contribution in [-0.4, -0.2) is 61.4 Å². The molecule has 1 N–H and O–H groups in total. The molecule has 0 atom stereocenters. The molecule has 1 aliphatic heterocycles. The maximum Gasteiger partial charge on any atom is 0.254 e. The van der Waals surface area contributed by atoms with Crippen molar-refractivity contribution in [2.24, 2.45) is 5.92 Å². The maximum absolute atomic E-state index is 13.0. The van der Waals surface area contributed by atoms with Crippen molar-refractivity contribution >= 4 is 23.4 Å². The number of methoxy groups -OCH3 is 2. The number of likely N-dealkylation sites (tertiary alicyclic amines) is 1. The number of nitrogens with zero attached hydrogens (tertiary/aromatic N) is 2. The molecule has 1 fully saturated rings. The van der Waals surface area contributed by atoms with Gasteiger partial charge in [-0.25, -0.2) is 0 Å². The molecule has 8 nitrogen and oxygen atoms in total. The van der Waals surface area contributed by atoms with E-state index in [2.05, 4.69) is 5.32 Å². The molecular formula is C26H33N3O5. The minimum Gasteiger partial charge on any atom is -0.497 e. The molecule has 3 amide bonds. The first-order valence-electron chi connectivity index (χ1n) is 11.5. The van der Waals surface area contributed by atoms with Gasteiger partial charge in [0, 0.05) is 56.3 Å². The molecule has 1 aliphatic rings. The number of ether oxygens (including phenoxy) is 2. The molecule has 34 heavy (non-hydrogen) atoms. The summed E-state index contributed by atoms with van der Waals surface area (Å²) in [6, 6.07) is 12.7. The van der Waals surface area contributed by atoms with Crippen LogP contribution in [0, 0.1) is 5.92 Å². The smallest absolute Gasteiger partial charge is 0.254 e. The van der Waals surface area contributed by atoms with Crippen LogP contribution in [0.2, 0.25) is 0 Å². The molecule has 2 aromatic rings. The fourth-order valence-electron chi connectivity index (χ4n) is 4.12. The van der Waals surface area contributed by atoms with Gasteiger partial charge in [-0.1, -0.05) is 12.1 Å². The van der Waals surface area contributed by atoms with Gasteiger partial charge >= 0.3 is 0 Å². The van der Waals surface area contributed by atoms with Gasteiger partial charge in [-0.2, -0.15) is 0 Å². The number of rotatable bonds is 8. The number of hydrogen-bond acceptors (Lipinski definition) is 5. The average Bonchev–Trinajstić information content (AvgIpc) is 2.86. The zero-order valence-corrected chi connectivity index (χ0v) is 20.3. The highest BCUT2D eigenvalue weighted by Gasteiger charge is 2.28. The van der Waals surface area contributed by atoms with Crippen molar-refractivity contribution in [1.82, 2.24) is 9.80 Å². The number of carbonyl (C=O) groups is 3. The Labute approximate surface area is 200 Å². The first-order valence-corrected chi connectivity index (χ1v) is 11.5. The highest BCUT2D eigenvalue weighted by atomic mass is 16.5. The van der Waals surface area contributed by atoms with E-state index in [1.807, 2.05) is 31.2 Å². The number of benzene rings is 2. The number of amides is 3. The van der Waals surface area contributed by atoms with E-state index in [0.717, 1.165) is 5.56 Å². The zero-order chi connectivity index (χ0) is 24.7. The summed E-state index contributed by atoms with van der Waals surface area (Å²) >= 11 is 0. The van der Waals surface area contributed by atoms with Crippen LogP contribution in [0.3, 0.4) is 0 Å². The maximum atomic E-state index is 13.0. The Bertz CT molecular complexity index is 1010. The number of hydrogen-bond donors (Lipinski definition) is 1. The van der Waals surface area contributed by atoms with E-state index in [4.69, 9.17) is 9.47 Å². The van der Waals surface area contributed by atoms with Gasteiger partial charge in [-0.05, 0) is 49.6 Å². The topological polar surface area (TPSA) is 88.2 Å². The Morgan fingerprint density at radius 2 is 1.68 bits per heavy atom. The van der Waals surface area contributed by atoms with E-state index >= 15 is 0 Å². The lowest BCUT2D eigenvalue weighted by molar-refractivity contribution is -0.129. The minimum atomic E-state index is -0.170. The molecule has 3 rings (SSSR count). The molecule has 0 aliphatic carbocycles. The van der Waals surface area contributed by atoms with Crippen molar-refractivity contribution in [2.45, 2.75) is 33.2 Å². The van der Waals surface area contributed by atoms with Gasteiger partial charge in [-0.15, -0.1) is 0 Å². The summed E-state index contributed by atoms with van der Waals surface area (Å²) in [6.45, 7) is 5.63. The zero-order valence-electron chi connectivity index (χ0n) is 20.3. The molecule has 2 aromatic carbocycles. The van der Waals surface area contributed by atoms with E-state index in [9.17, 15) is 14.4 Å². The van der Waals surface area contributed by atoms with Crippen molar-refractivity contribution in [3.63, 3.8) is 0 Å². The standard InChI is InChI=1S/C26H33N3O5/c1-5-28(18(2)30)17-19-7-6-8-22(13-19)27-25(31)20-9-11-29(12-10-20)26(32)21-14-23(33-3)16-24(15-21)34-4/h6-8,13-16,20H,5,9-12,17H2,1-4H3,(H,27,31). The van der Waals surface area contributed by atoms with E-state index < -0.39 is 0 Å². The highest BCUT2D eigenvalue weighted by Crippen LogP contribution is 2.26. The second-order valence-electron chi connectivity index (χ2n) is 8.39. The van der Waals surface area contributed by atoms with Gasteiger partial charge in [0.2, 0.25) is 11.8 Å². The Kier molecular flexibility index (Phi) is 8.51. The molecule has 0 aromatic heterocycles. The number of carbonyl (C=O) groups excluding carboxylic acids is 3. The van der Waals surface area contributed by atoms with Crippen molar-refractivity contribution in [3.05, 3.63) is 53.6 Å². The number of nitrogens with one attached hydrogen (secondary N) is 1. The quantitative estimate of drug-likeness (QED) is 0.641. The molecule has 0 spiro atoms. The summed E-state index contributed by atoms with van der Waals surface area (Å²) in [7, 11) is 3.10. The minimum absolute atomic E-state index is 0.0191. The second-order valence-corrected chi connectivity index (χ2v) is 8.39. The molecule has 0 radical (unpaired) electrons. The highest BCUT2D eigenvalue weighted by molar-refractivity contribution is 5.96. The molecule has 1 saturated heterocycles. The Balaban J connectivity index is 1.57. The third-order valence-electron chi connectivity index (χ3n) is 6.15. The van der Waals surface area contributed by atoms with Gasteiger partial charge in [0.05, 0.1) is 14.2 Å². The van der Waals surface area contributed by atoms with Crippen molar-refractivity contribution in [2.75, 3.05) is 39.2 Å². The third kappa shape index (κ3) is 6.27.